The van der Waals surface area contributed by atoms with Gasteiger partial charge in [-0.3, -0.25) is 5.32 Å². The number of amides is 1. The normalized spacial score (nSPS) is 11.0. The summed E-state index contributed by atoms with van der Waals surface area (Å²) in [6.07, 6.45) is 0.465. The van der Waals surface area contributed by atoms with E-state index >= 15 is 0 Å². The zero-order chi connectivity index (χ0) is 19.5. The zero-order valence-corrected chi connectivity index (χ0v) is 16.1. The van der Waals surface area contributed by atoms with Crippen LogP contribution < -0.4 is 5.32 Å². The van der Waals surface area contributed by atoms with Crippen molar-refractivity contribution in [3.8, 4) is 11.3 Å². The van der Waals surface area contributed by atoms with E-state index in [9.17, 15) is 9.59 Å². The first kappa shape index (κ1) is 19.9. The van der Waals surface area contributed by atoms with Crippen molar-refractivity contribution in [2.24, 2.45) is 0 Å². The highest BCUT2D eigenvalue weighted by atomic mass is 35.5. The fourth-order valence-electron chi connectivity index (χ4n) is 1.96. The minimum Gasteiger partial charge on any atom is -0.464 e. The molecule has 0 saturated carbocycles. The number of carbonyl (C=O) groups excluding carboxylic acids is 2. The lowest BCUT2D eigenvalue weighted by molar-refractivity contribution is 0.0588. The molecular formula is C17H17Cl2N3O4. The second-order valence-electron chi connectivity index (χ2n) is 6.17. The zero-order valence-electron chi connectivity index (χ0n) is 14.6. The van der Waals surface area contributed by atoms with E-state index in [1.165, 1.54) is 13.3 Å². The Morgan fingerprint density at radius 2 is 1.88 bits per heavy atom. The van der Waals surface area contributed by atoms with Gasteiger partial charge >= 0.3 is 12.1 Å². The van der Waals surface area contributed by atoms with Crippen LogP contribution in [0.3, 0.4) is 0 Å². The summed E-state index contributed by atoms with van der Waals surface area (Å²) >= 11 is 12.3. The number of aromatic nitrogens is 2. The number of esters is 1. The molecule has 0 aliphatic rings. The third-order valence-electron chi connectivity index (χ3n) is 2.99. The molecule has 1 N–H and O–H groups in total. The molecule has 0 saturated heterocycles. The predicted molar refractivity (Wildman–Crippen MR) is 98.7 cm³/mol. The second kappa shape index (κ2) is 7.88. The molecule has 1 aromatic carbocycles. The van der Waals surface area contributed by atoms with E-state index in [1.807, 2.05) is 0 Å². The maximum Gasteiger partial charge on any atom is 0.413 e. The maximum absolute atomic E-state index is 12.1. The molecule has 7 nitrogen and oxygen atoms in total. The van der Waals surface area contributed by atoms with Crippen LogP contribution in [0.25, 0.3) is 11.3 Å². The number of hydrogen-bond donors (Lipinski definition) is 1. The van der Waals surface area contributed by atoms with Crippen molar-refractivity contribution in [1.82, 2.24) is 9.97 Å². The fraction of sp³-hybridized carbons (Fsp3) is 0.294. The van der Waals surface area contributed by atoms with E-state index in [2.05, 4.69) is 20.0 Å². The number of carbonyl (C=O) groups is 2. The number of rotatable bonds is 3. The van der Waals surface area contributed by atoms with Crippen LogP contribution in [-0.2, 0) is 9.47 Å². The summed E-state index contributed by atoms with van der Waals surface area (Å²) in [5.74, 6) is -0.709. The first-order valence-corrected chi connectivity index (χ1v) is 8.27. The number of halogens is 2. The molecule has 1 amide bonds. The Hall–Kier alpha value is -2.38. The molecule has 1 heterocycles. The Morgan fingerprint density at radius 3 is 2.50 bits per heavy atom. The van der Waals surface area contributed by atoms with Crippen molar-refractivity contribution in [3.05, 3.63) is 40.1 Å². The summed E-state index contributed by atoms with van der Waals surface area (Å²) in [6, 6.07) is 4.96. The summed E-state index contributed by atoms with van der Waals surface area (Å²) in [6.45, 7) is 5.16. The lowest BCUT2D eigenvalue weighted by atomic mass is 10.1. The molecular weight excluding hydrogens is 381 g/mol. The molecule has 0 radical (unpaired) electrons. The Balaban J connectivity index is 2.52. The van der Waals surface area contributed by atoms with Crippen molar-refractivity contribution in [3.63, 3.8) is 0 Å². The summed E-state index contributed by atoms with van der Waals surface area (Å²) < 4.78 is 9.85. The van der Waals surface area contributed by atoms with Gasteiger partial charge in [0, 0.05) is 5.56 Å². The van der Waals surface area contributed by atoms with Crippen molar-refractivity contribution in [1.29, 1.82) is 0 Å². The summed E-state index contributed by atoms with van der Waals surface area (Å²) in [5, 5.41) is 3.04. The van der Waals surface area contributed by atoms with E-state index in [-0.39, 0.29) is 22.2 Å². The van der Waals surface area contributed by atoms with Crippen LogP contribution in [0.15, 0.2) is 24.4 Å². The molecule has 26 heavy (non-hydrogen) atoms. The monoisotopic (exact) mass is 397 g/mol. The van der Waals surface area contributed by atoms with Gasteiger partial charge in [-0.25, -0.2) is 19.6 Å². The topological polar surface area (TPSA) is 90.4 Å². The van der Waals surface area contributed by atoms with Gasteiger partial charge < -0.3 is 9.47 Å². The maximum atomic E-state index is 12.1. The molecule has 0 atom stereocenters. The third kappa shape index (κ3) is 4.83. The van der Waals surface area contributed by atoms with Gasteiger partial charge in [0.05, 0.1) is 23.4 Å². The number of anilines is 1. The highest BCUT2D eigenvalue weighted by Crippen LogP contribution is 2.35. The third-order valence-corrected chi connectivity index (χ3v) is 3.81. The Morgan fingerprint density at radius 1 is 1.19 bits per heavy atom. The Labute approximate surface area is 160 Å². The first-order valence-electron chi connectivity index (χ1n) is 7.52. The lowest BCUT2D eigenvalue weighted by Crippen LogP contribution is -2.28. The molecule has 2 rings (SSSR count). The largest absolute Gasteiger partial charge is 0.464 e. The van der Waals surface area contributed by atoms with E-state index in [0.717, 1.165) is 0 Å². The predicted octanol–water partition coefficient (Wildman–Crippen LogP) is 4.58. The van der Waals surface area contributed by atoms with Crippen molar-refractivity contribution in [2.45, 2.75) is 26.4 Å². The van der Waals surface area contributed by atoms with E-state index in [1.54, 1.807) is 39.0 Å². The van der Waals surface area contributed by atoms with Crippen LogP contribution >= 0.6 is 23.2 Å². The Kier molecular flexibility index (Phi) is 6.05. The summed E-state index contributed by atoms with van der Waals surface area (Å²) in [4.78, 5) is 32.2. The van der Waals surface area contributed by atoms with Gasteiger partial charge in [-0.2, -0.15) is 0 Å². The SMILES string of the molecule is COC(=O)c1cnc(-c2cccc(Cl)c2Cl)c(NC(=O)OC(C)(C)C)n1. The molecule has 9 heteroatoms. The van der Waals surface area contributed by atoms with Crippen LogP contribution in [0.2, 0.25) is 10.0 Å². The number of nitrogens with one attached hydrogen (secondary N) is 1. The quantitative estimate of drug-likeness (QED) is 0.761. The van der Waals surface area contributed by atoms with Gasteiger partial charge in [-0.1, -0.05) is 35.3 Å². The van der Waals surface area contributed by atoms with Gasteiger partial charge in [0.1, 0.15) is 11.3 Å². The molecule has 2 aromatic rings. The van der Waals surface area contributed by atoms with Gasteiger partial charge in [-0.05, 0) is 26.8 Å². The molecule has 0 spiro atoms. The van der Waals surface area contributed by atoms with E-state index in [4.69, 9.17) is 27.9 Å². The van der Waals surface area contributed by atoms with Crippen LogP contribution in [-0.4, -0.2) is 34.7 Å². The average Bonchev–Trinajstić information content (AvgIpc) is 2.55. The fourth-order valence-corrected chi connectivity index (χ4v) is 2.35. The molecule has 138 valence electrons. The smallest absolute Gasteiger partial charge is 0.413 e. The van der Waals surface area contributed by atoms with Crippen LogP contribution in [0.1, 0.15) is 31.3 Å². The molecule has 0 aliphatic heterocycles. The number of ether oxygens (including phenoxy) is 2. The molecule has 0 aliphatic carbocycles. The number of methoxy groups -OCH3 is 1. The average molecular weight is 398 g/mol. The van der Waals surface area contributed by atoms with Crippen molar-refractivity contribution >= 4 is 41.1 Å². The van der Waals surface area contributed by atoms with Crippen LogP contribution in [0, 0.1) is 0 Å². The van der Waals surface area contributed by atoms with Gasteiger partial charge in [0.15, 0.2) is 11.5 Å². The van der Waals surface area contributed by atoms with Crippen molar-refractivity contribution < 1.29 is 19.1 Å². The number of benzene rings is 1. The molecule has 0 fully saturated rings. The number of hydrogen-bond acceptors (Lipinski definition) is 6. The molecule has 1 aromatic heterocycles. The lowest BCUT2D eigenvalue weighted by Gasteiger charge is -2.20. The van der Waals surface area contributed by atoms with Crippen molar-refractivity contribution in [2.75, 3.05) is 12.4 Å². The molecule has 0 bridgehead atoms. The summed E-state index contributed by atoms with van der Waals surface area (Å²) in [7, 11) is 1.22. The van der Waals surface area contributed by atoms with E-state index < -0.39 is 17.7 Å². The number of nitrogens with zero attached hydrogens (tertiary/aromatic N) is 2. The minimum absolute atomic E-state index is 0.00804. The minimum atomic E-state index is -0.756. The van der Waals surface area contributed by atoms with Gasteiger partial charge in [-0.15, -0.1) is 0 Å². The van der Waals surface area contributed by atoms with Gasteiger partial charge in [0.25, 0.3) is 0 Å². The second-order valence-corrected chi connectivity index (χ2v) is 6.96. The van der Waals surface area contributed by atoms with Crippen LogP contribution in [0.4, 0.5) is 10.6 Å². The molecule has 0 unspecified atom stereocenters. The summed E-state index contributed by atoms with van der Waals surface area (Å²) in [5.41, 5.74) is -0.128. The standard InChI is InChI=1S/C17H17Cl2N3O4/c1-17(2,3)26-16(24)22-14-13(9-6-5-7-10(18)12(9)19)20-8-11(21-14)15(23)25-4/h5-8H,1-4H3,(H,21,22,24). The van der Waals surface area contributed by atoms with Gasteiger partial charge in [0.2, 0.25) is 0 Å². The Bertz CT molecular complexity index is 850. The highest BCUT2D eigenvalue weighted by molar-refractivity contribution is 6.43. The van der Waals surface area contributed by atoms with Crippen LogP contribution in [0.5, 0.6) is 0 Å². The van der Waals surface area contributed by atoms with E-state index in [0.29, 0.717) is 10.6 Å². The highest BCUT2D eigenvalue weighted by Gasteiger charge is 2.22. The first-order chi connectivity index (χ1) is 12.1.